The molecule has 1 atom stereocenters. The summed E-state index contributed by atoms with van der Waals surface area (Å²) in [4.78, 5) is 8.49. The second kappa shape index (κ2) is 5.07. The highest BCUT2D eigenvalue weighted by atomic mass is 16.5. The van der Waals surface area contributed by atoms with Crippen molar-refractivity contribution >= 4 is 11.0 Å². The summed E-state index contributed by atoms with van der Waals surface area (Å²) in [6.07, 6.45) is 1.03. The third kappa shape index (κ3) is 2.51. The molecule has 0 amide bonds. The van der Waals surface area contributed by atoms with Gasteiger partial charge >= 0.3 is 0 Å². The number of benzene rings is 1. The summed E-state index contributed by atoms with van der Waals surface area (Å²) in [5.41, 5.74) is 2.33. The molecule has 1 unspecified atom stereocenters. The number of fused-ring (bicyclic) bond motifs is 1. The van der Waals surface area contributed by atoms with Crippen LogP contribution in [0, 0.1) is 0 Å². The van der Waals surface area contributed by atoms with Gasteiger partial charge in [-0.2, -0.15) is 0 Å². The molecule has 0 saturated heterocycles. The first-order valence-corrected chi connectivity index (χ1v) is 5.38. The van der Waals surface area contributed by atoms with Crippen LogP contribution in [-0.2, 0) is 0 Å². The number of likely N-dealkylation sites (N-methyl/N-ethyl adjacent to an activating group) is 1. The quantitative estimate of drug-likeness (QED) is 0.821. The highest BCUT2D eigenvalue weighted by Gasteiger charge is 2.08. The van der Waals surface area contributed by atoms with E-state index in [-0.39, 0.29) is 0 Å². The fourth-order valence-corrected chi connectivity index (χ4v) is 1.63. The molecule has 0 bridgehead atoms. The number of aliphatic hydroxyl groups excluding tert-OH is 1. The molecule has 0 aliphatic rings. The predicted octanol–water partition coefficient (Wildman–Crippen LogP) is 0.891. The number of aromatic nitrogens is 2. The maximum absolute atomic E-state index is 9.85. The van der Waals surface area contributed by atoms with Crippen molar-refractivity contribution in [3.63, 3.8) is 0 Å². The average molecular weight is 233 g/mol. The van der Waals surface area contributed by atoms with Gasteiger partial charge in [-0.25, -0.2) is 9.97 Å². The van der Waals surface area contributed by atoms with Gasteiger partial charge in [0, 0.05) is 6.54 Å². The molecule has 90 valence electrons. The number of hydrogen-bond donors (Lipinski definition) is 2. The monoisotopic (exact) mass is 233 g/mol. The molecule has 0 radical (unpaired) electrons. The van der Waals surface area contributed by atoms with Crippen molar-refractivity contribution < 1.29 is 9.84 Å². The van der Waals surface area contributed by atoms with Gasteiger partial charge in [-0.1, -0.05) is 6.07 Å². The van der Waals surface area contributed by atoms with Crippen molar-refractivity contribution in [2.24, 2.45) is 0 Å². The van der Waals surface area contributed by atoms with E-state index in [2.05, 4.69) is 15.3 Å². The minimum absolute atomic E-state index is 0.487. The number of rotatable bonds is 4. The summed E-state index contributed by atoms with van der Waals surface area (Å²) >= 11 is 0. The first kappa shape index (κ1) is 11.8. The summed E-state index contributed by atoms with van der Waals surface area (Å²) in [6, 6.07) is 5.52. The van der Waals surface area contributed by atoms with Crippen LogP contribution in [0.1, 0.15) is 11.7 Å². The summed E-state index contributed by atoms with van der Waals surface area (Å²) in [5, 5.41) is 12.8. The van der Waals surface area contributed by atoms with Gasteiger partial charge in [0.1, 0.15) is 0 Å². The van der Waals surface area contributed by atoms with Crippen molar-refractivity contribution in [2.45, 2.75) is 6.10 Å². The van der Waals surface area contributed by atoms with Crippen LogP contribution in [0.15, 0.2) is 24.4 Å². The Bertz CT molecular complexity index is 516. The standard InChI is InChI=1S/C12H15N3O2/c1-13-6-11(16)8-3-4-9-10(5-8)14-7-12(15-9)17-2/h3-5,7,11,13,16H,6H2,1-2H3. The van der Waals surface area contributed by atoms with E-state index in [1.54, 1.807) is 20.4 Å². The lowest BCUT2D eigenvalue weighted by Gasteiger charge is -2.10. The number of nitrogens with zero attached hydrogens (tertiary/aromatic N) is 2. The van der Waals surface area contributed by atoms with Crippen LogP contribution in [0.25, 0.3) is 11.0 Å². The Morgan fingerprint density at radius 3 is 2.94 bits per heavy atom. The normalized spacial score (nSPS) is 12.6. The maximum atomic E-state index is 9.85. The van der Waals surface area contributed by atoms with Crippen LogP contribution in [0.2, 0.25) is 0 Å². The van der Waals surface area contributed by atoms with Gasteiger partial charge in [0.2, 0.25) is 5.88 Å². The molecule has 0 aliphatic carbocycles. The fourth-order valence-electron chi connectivity index (χ4n) is 1.63. The van der Waals surface area contributed by atoms with E-state index >= 15 is 0 Å². The topological polar surface area (TPSA) is 67.3 Å². The molecule has 2 rings (SSSR count). The molecule has 0 spiro atoms. The Morgan fingerprint density at radius 2 is 2.24 bits per heavy atom. The lowest BCUT2D eigenvalue weighted by molar-refractivity contribution is 0.178. The Kier molecular flexibility index (Phi) is 3.51. The molecule has 5 nitrogen and oxygen atoms in total. The minimum Gasteiger partial charge on any atom is -0.480 e. The Balaban J connectivity index is 2.37. The summed E-state index contributed by atoms with van der Waals surface area (Å²) in [7, 11) is 3.36. The molecule has 1 heterocycles. The van der Waals surface area contributed by atoms with Crippen molar-refractivity contribution in [1.82, 2.24) is 15.3 Å². The average Bonchev–Trinajstić information content (AvgIpc) is 2.37. The zero-order valence-corrected chi connectivity index (χ0v) is 9.84. The highest BCUT2D eigenvalue weighted by molar-refractivity contribution is 5.75. The number of hydrogen-bond acceptors (Lipinski definition) is 5. The van der Waals surface area contributed by atoms with E-state index in [9.17, 15) is 5.11 Å². The molecule has 17 heavy (non-hydrogen) atoms. The van der Waals surface area contributed by atoms with E-state index in [0.29, 0.717) is 12.4 Å². The molecule has 0 aliphatic heterocycles. The van der Waals surface area contributed by atoms with Gasteiger partial charge in [-0.15, -0.1) is 0 Å². The minimum atomic E-state index is -0.534. The SMILES string of the molecule is CNCC(O)c1ccc2nc(OC)cnc2c1. The summed E-state index contributed by atoms with van der Waals surface area (Å²) < 4.78 is 5.01. The van der Waals surface area contributed by atoms with Crippen LogP contribution in [0.3, 0.4) is 0 Å². The molecule has 2 N–H and O–H groups in total. The van der Waals surface area contributed by atoms with Gasteiger partial charge in [0.25, 0.3) is 0 Å². The Morgan fingerprint density at radius 1 is 1.41 bits per heavy atom. The number of methoxy groups -OCH3 is 1. The highest BCUT2D eigenvalue weighted by Crippen LogP contribution is 2.19. The second-order valence-corrected chi connectivity index (χ2v) is 3.73. The van der Waals surface area contributed by atoms with Gasteiger partial charge in [-0.05, 0) is 24.7 Å². The van der Waals surface area contributed by atoms with Crippen LogP contribution in [0.5, 0.6) is 5.88 Å². The van der Waals surface area contributed by atoms with Crippen molar-refractivity contribution in [2.75, 3.05) is 20.7 Å². The van der Waals surface area contributed by atoms with Crippen molar-refractivity contribution in [3.8, 4) is 5.88 Å². The van der Waals surface area contributed by atoms with Crippen molar-refractivity contribution in [3.05, 3.63) is 30.0 Å². The molecule has 5 heteroatoms. The van der Waals surface area contributed by atoms with E-state index in [4.69, 9.17) is 4.74 Å². The molecular weight excluding hydrogens is 218 g/mol. The largest absolute Gasteiger partial charge is 0.480 e. The zero-order chi connectivity index (χ0) is 12.3. The number of nitrogens with one attached hydrogen (secondary N) is 1. The molecule has 2 aromatic rings. The number of aliphatic hydroxyl groups is 1. The lowest BCUT2D eigenvalue weighted by atomic mass is 10.1. The van der Waals surface area contributed by atoms with Gasteiger partial charge in [-0.3, -0.25) is 0 Å². The predicted molar refractivity (Wildman–Crippen MR) is 65.0 cm³/mol. The first-order chi connectivity index (χ1) is 8.24. The molecule has 1 aromatic heterocycles. The Hall–Kier alpha value is -1.72. The maximum Gasteiger partial charge on any atom is 0.232 e. The lowest BCUT2D eigenvalue weighted by Crippen LogP contribution is -2.16. The molecule has 0 saturated carbocycles. The summed E-state index contributed by atoms with van der Waals surface area (Å²) in [6.45, 7) is 0.509. The summed E-state index contributed by atoms with van der Waals surface area (Å²) in [5.74, 6) is 0.487. The Labute approximate surface area is 99.5 Å². The zero-order valence-electron chi connectivity index (χ0n) is 9.84. The van der Waals surface area contributed by atoms with Crippen molar-refractivity contribution in [1.29, 1.82) is 0 Å². The third-order valence-corrected chi connectivity index (χ3v) is 2.54. The van der Waals surface area contributed by atoms with Crippen LogP contribution >= 0.6 is 0 Å². The van der Waals surface area contributed by atoms with Crippen LogP contribution < -0.4 is 10.1 Å². The third-order valence-electron chi connectivity index (χ3n) is 2.54. The van der Waals surface area contributed by atoms with E-state index < -0.39 is 6.10 Å². The van der Waals surface area contributed by atoms with E-state index in [1.165, 1.54) is 0 Å². The van der Waals surface area contributed by atoms with Crippen LogP contribution in [-0.4, -0.2) is 35.8 Å². The van der Waals surface area contributed by atoms with Gasteiger partial charge in [0.15, 0.2) is 0 Å². The molecular formula is C12H15N3O2. The first-order valence-electron chi connectivity index (χ1n) is 5.38. The van der Waals surface area contributed by atoms with E-state index in [1.807, 2.05) is 18.2 Å². The second-order valence-electron chi connectivity index (χ2n) is 3.73. The smallest absolute Gasteiger partial charge is 0.232 e. The number of ether oxygens (including phenoxy) is 1. The molecule has 0 fully saturated rings. The van der Waals surface area contributed by atoms with Gasteiger partial charge in [0.05, 0.1) is 30.4 Å². The van der Waals surface area contributed by atoms with Crippen LogP contribution in [0.4, 0.5) is 0 Å². The molecule has 1 aromatic carbocycles. The van der Waals surface area contributed by atoms with Gasteiger partial charge < -0.3 is 15.2 Å². The van der Waals surface area contributed by atoms with E-state index in [0.717, 1.165) is 16.6 Å². The fraction of sp³-hybridized carbons (Fsp3) is 0.333.